The van der Waals surface area contributed by atoms with Crippen molar-refractivity contribution in [1.29, 1.82) is 0 Å². The summed E-state index contributed by atoms with van der Waals surface area (Å²) in [4.78, 5) is 11.2. The van der Waals surface area contributed by atoms with Gasteiger partial charge in [0.05, 0.1) is 19.8 Å². The first-order valence-electron chi connectivity index (χ1n) is 5.73. The Bertz CT molecular complexity index is 400. The molecule has 0 heterocycles. The molecule has 0 saturated carbocycles. The van der Waals surface area contributed by atoms with E-state index in [9.17, 15) is 9.90 Å². The molecule has 0 spiro atoms. The van der Waals surface area contributed by atoms with Gasteiger partial charge in [-0.05, 0) is 26.0 Å². The van der Waals surface area contributed by atoms with Gasteiger partial charge in [0.15, 0.2) is 6.61 Å². The standard InChI is InChI=1S/C13H18O5/c1-4-17-13(15)8-18-12-7-10(16-3)5-6-11(12)9(2)14/h5-7,9,14H,4,8H2,1-3H3/t9-/m0/s1. The van der Waals surface area contributed by atoms with Crippen molar-refractivity contribution >= 4 is 5.97 Å². The number of hydrogen-bond donors (Lipinski definition) is 1. The summed E-state index contributed by atoms with van der Waals surface area (Å²) in [7, 11) is 1.53. The minimum absolute atomic E-state index is 0.194. The highest BCUT2D eigenvalue weighted by Gasteiger charge is 2.12. The molecular formula is C13H18O5. The summed E-state index contributed by atoms with van der Waals surface area (Å²) < 4.78 is 15.2. The van der Waals surface area contributed by atoms with Crippen molar-refractivity contribution in [1.82, 2.24) is 0 Å². The van der Waals surface area contributed by atoms with Crippen molar-refractivity contribution in [2.24, 2.45) is 0 Å². The van der Waals surface area contributed by atoms with E-state index in [1.807, 2.05) is 0 Å². The fourth-order valence-electron chi connectivity index (χ4n) is 1.45. The fraction of sp³-hybridized carbons (Fsp3) is 0.462. The maximum Gasteiger partial charge on any atom is 0.344 e. The van der Waals surface area contributed by atoms with Gasteiger partial charge in [-0.2, -0.15) is 0 Å². The molecule has 0 saturated heterocycles. The third-order valence-corrected chi connectivity index (χ3v) is 2.32. The molecule has 5 nitrogen and oxygen atoms in total. The van der Waals surface area contributed by atoms with E-state index in [1.54, 1.807) is 32.0 Å². The molecule has 1 aromatic carbocycles. The Morgan fingerprint density at radius 3 is 2.72 bits per heavy atom. The summed E-state index contributed by atoms with van der Waals surface area (Å²) >= 11 is 0. The number of aliphatic hydroxyl groups is 1. The smallest absolute Gasteiger partial charge is 0.344 e. The Kier molecular flexibility index (Phi) is 5.45. The van der Waals surface area contributed by atoms with Crippen LogP contribution >= 0.6 is 0 Å². The van der Waals surface area contributed by atoms with Crippen molar-refractivity contribution in [3.63, 3.8) is 0 Å². The molecule has 100 valence electrons. The molecule has 18 heavy (non-hydrogen) atoms. The molecule has 0 bridgehead atoms. The Hall–Kier alpha value is -1.75. The first kappa shape index (κ1) is 14.3. The molecule has 0 aromatic heterocycles. The lowest BCUT2D eigenvalue weighted by molar-refractivity contribution is -0.145. The van der Waals surface area contributed by atoms with E-state index in [0.29, 0.717) is 23.7 Å². The molecular weight excluding hydrogens is 236 g/mol. The zero-order chi connectivity index (χ0) is 13.5. The van der Waals surface area contributed by atoms with Crippen molar-refractivity contribution in [3.8, 4) is 11.5 Å². The molecule has 0 aliphatic rings. The largest absolute Gasteiger partial charge is 0.497 e. The molecule has 0 aliphatic carbocycles. The SMILES string of the molecule is CCOC(=O)COc1cc(OC)ccc1[C@H](C)O. The summed E-state index contributed by atoms with van der Waals surface area (Å²) in [5.74, 6) is 0.563. The summed E-state index contributed by atoms with van der Waals surface area (Å²) in [5.41, 5.74) is 0.597. The van der Waals surface area contributed by atoms with Gasteiger partial charge < -0.3 is 19.3 Å². The number of hydrogen-bond acceptors (Lipinski definition) is 5. The van der Waals surface area contributed by atoms with Crippen molar-refractivity contribution in [3.05, 3.63) is 23.8 Å². The molecule has 1 N–H and O–H groups in total. The van der Waals surface area contributed by atoms with Crippen molar-refractivity contribution in [2.75, 3.05) is 20.3 Å². The maximum absolute atomic E-state index is 11.2. The lowest BCUT2D eigenvalue weighted by Crippen LogP contribution is -2.15. The third kappa shape index (κ3) is 3.92. The van der Waals surface area contributed by atoms with Gasteiger partial charge in [-0.15, -0.1) is 0 Å². The quantitative estimate of drug-likeness (QED) is 0.782. The van der Waals surface area contributed by atoms with Crippen LogP contribution in [0.25, 0.3) is 0 Å². The minimum Gasteiger partial charge on any atom is -0.497 e. The van der Waals surface area contributed by atoms with E-state index in [-0.39, 0.29) is 6.61 Å². The second-order valence-corrected chi connectivity index (χ2v) is 3.67. The zero-order valence-electron chi connectivity index (χ0n) is 10.8. The number of methoxy groups -OCH3 is 1. The summed E-state index contributed by atoms with van der Waals surface area (Å²) in [6.07, 6.45) is -0.687. The summed E-state index contributed by atoms with van der Waals surface area (Å²) in [6.45, 7) is 3.47. The van der Waals surface area contributed by atoms with Crippen LogP contribution in [0.15, 0.2) is 18.2 Å². The number of aliphatic hydroxyl groups excluding tert-OH is 1. The van der Waals surface area contributed by atoms with Gasteiger partial charge >= 0.3 is 5.97 Å². The van der Waals surface area contributed by atoms with Crippen LogP contribution in [0.4, 0.5) is 0 Å². The molecule has 1 rings (SSSR count). The average Bonchev–Trinajstić information content (AvgIpc) is 2.36. The van der Waals surface area contributed by atoms with Gasteiger partial charge in [-0.25, -0.2) is 4.79 Å². The monoisotopic (exact) mass is 254 g/mol. The molecule has 0 fully saturated rings. The van der Waals surface area contributed by atoms with E-state index in [2.05, 4.69) is 0 Å². The molecule has 0 radical (unpaired) electrons. The first-order chi connectivity index (χ1) is 8.58. The number of carbonyl (C=O) groups excluding carboxylic acids is 1. The lowest BCUT2D eigenvalue weighted by Gasteiger charge is -2.14. The van der Waals surface area contributed by atoms with E-state index in [1.165, 1.54) is 7.11 Å². The third-order valence-electron chi connectivity index (χ3n) is 2.32. The van der Waals surface area contributed by atoms with Crippen LogP contribution in [-0.2, 0) is 9.53 Å². The topological polar surface area (TPSA) is 65.0 Å². The van der Waals surface area contributed by atoms with Crippen LogP contribution in [0, 0.1) is 0 Å². The minimum atomic E-state index is -0.687. The second-order valence-electron chi connectivity index (χ2n) is 3.67. The van der Waals surface area contributed by atoms with E-state index < -0.39 is 12.1 Å². The molecule has 0 aliphatic heterocycles. The highest BCUT2D eigenvalue weighted by molar-refractivity contribution is 5.71. The van der Waals surface area contributed by atoms with Crippen molar-refractivity contribution in [2.45, 2.75) is 20.0 Å². The van der Waals surface area contributed by atoms with Crippen LogP contribution in [0.5, 0.6) is 11.5 Å². The first-order valence-corrected chi connectivity index (χ1v) is 5.73. The molecule has 1 aromatic rings. The number of ether oxygens (including phenoxy) is 3. The lowest BCUT2D eigenvalue weighted by atomic mass is 10.1. The zero-order valence-corrected chi connectivity index (χ0v) is 10.8. The number of benzene rings is 1. The van der Waals surface area contributed by atoms with Gasteiger partial charge in [0, 0.05) is 11.6 Å². The number of carbonyl (C=O) groups is 1. The van der Waals surface area contributed by atoms with Crippen LogP contribution in [0.1, 0.15) is 25.5 Å². The van der Waals surface area contributed by atoms with Gasteiger partial charge in [-0.3, -0.25) is 0 Å². The maximum atomic E-state index is 11.2. The van der Waals surface area contributed by atoms with Crippen LogP contribution < -0.4 is 9.47 Å². The van der Waals surface area contributed by atoms with Crippen LogP contribution in [0.2, 0.25) is 0 Å². The summed E-state index contributed by atoms with van der Waals surface area (Å²) in [6, 6.07) is 5.05. The van der Waals surface area contributed by atoms with E-state index in [0.717, 1.165) is 0 Å². The predicted molar refractivity (Wildman–Crippen MR) is 65.8 cm³/mol. The van der Waals surface area contributed by atoms with Gasteiger partial charge in [0.25, 0.3) is 0 Å². The Morgan fingerprint density at radius 1 is 1.44 bits per heavy atom. The van der Waals surface area contributed by atoms with Gasteiger partial charge in [0.2, 0.25) is 0 Å². The highest BCUT2D eigenvalue weighted by Crippen LogP contribution is 2.29. The van der Waals surface area contributed by atoms with E-state index in [4.69, 9.17) is 14.2 Å². The summed E-state index contributed by atoms with van der Waals surface area (Å²) in [5, 5.41) is 9.60. The average molecular weight is 254 g/mol. The molecule has 5 heteroatoms. The number of esters is 1. The van der Waals surface area contributed by atoms with E-state index >= 15 is 0 Å². The Labute approximate surface area is 106 Å². The Balaban J connectivity index is 2.80. The molecule has 0 amide bonds. The normalized spacial score (nSPS) is 11.8. The molecule has 1 atom stereocenters. The van der Waals surface area contributed by atoms with Crippen LogP contribution in [-0.4, -0.2) is 31.4 Å². The highest BCUT2D eigenvalue weighted by atomic mass is 16.6. The second kappa shape index (κ2) is 6.86. The molecule has 0 unspecified atom stereocenters. The van der Waals surface area contributed by atoms with Gasteiger partial charge in [0.1, 0.15) is 11.5 Å². The fourth-order valence-corrected chi connectivity index (χ4v) is 1.45. The predicted octanol–water partition coefficient (Wildman–Crippen LogP) is 1.69. The Morgan fingerprint density at radius 2 is 2.17 bits per heavy atom. The van der Waals surface area contributed by atoms with Gasteiger partial charge in [-0.1, -0.05) is 0 Å². The number of rotatable bonds is 6. The van der Waals surface area contributed by atoms with Crippen LogP contribution in [0.3, 0.4) is 0 Å². The van der Waals surface area contributed by atoms with Crippen molar-refractivity contribution < 1.29 is 24.1 Å².